The van der Waals surface area contributed by atoms with Gasteiger partial charge in [-0.2, -0.15) is 5.10 Å². The first kappa shape index (κ1) is 22.3. The predicted molar refractivity (Wildman–Crippen MR) is 135 cm³/mol. The molecule has 1 aromatic heterocycles. The molecule has 0 radical (unpaired) electrons. The van der Waals surface area contributed by atoms with Gasteiger partial charge in [0.2, 0.25) is 0 Å². The van der Waals surface area contributed by atoms with Crippen molar-refractivity contribution in [3.8, 4) is 22.7 Å². The second kappa shape index (κ2) is 9.30. The Kier molecular flexibility index (Phi) is 6.48. The van der Waals surface area contributed by atoms with Crippen LogP contribution in [0.25, 0.3) is 23.0 Å². The van der Waals surface area contributed by atoms with Gasteiger partial charge in [-0.1, -0.05) is 56.0 Å². The van der Waals surface area contributed by atoms with Crippen molar-refractivity contribution in [2.75, 3.05) is 13.7 Å². The van der Waals surface area contributed by atoms with Gasteiger partial charge in [0, 0.05) is 24.4 Å². The lowest BCUT2D eigenvalue weighted by Crippen LogP contribution is -2.22. The Labute approximate surface area is 198 Å². The molecule has 1 fully saturated rings. The van der Waals surface area contributed by atoms with Crippen molar-refractivity contribution in [2.45, 2.75) is 20.8 Å². The van der Waals surface area contributed by atoms with Crippen molar-refractivity contribution in [3.05, 3.63) is 70.8 Å². The van der Waals surface area contributed by atoms with Crippen LogP contribution in [0.5, 0.6) is 5.75 Å². The van der Waals surface area contributed by atoms with Gasteiger partial charge in [0.1, 0.15) is 15.8 Å². The summed E-state index contributed by atoms with van der Waals surface area (Å²) in [6, 6.07) is 16.0. The van der Waals surface area contributed by atoms with Gasteiger partial charge in [-0.3, -0.25) is 9.69 Å². The summed E-state index contributed by atoms with van der Waals surface area (Å²) in [6.45, 7) is 6.97. The zero-order valence-electron chi connectivity index (χ0n) is 18.5. The highest BCUT2D eigenvalue weighted by Crippen LogP contribution is 2.35. The fraction of sp³-hybridized carbons (Fsp3) is 0.240. The number of likely N-dealkylation sites (N-methyl/N-ethyl adjacent to an activating group) is 1. The first-order valence-corrected chi connectivity index (χ1v) is 11.7. The van der Waals surface area contributed by atoms with Crippen molar-refractivity contribution in [2.24, 2.45) is 5.92 Å². The molecule has 1 aliphatic rings. The van der Waals surface area contributed by atoms with Crippen LogP contribution < -0.4 is 4.74 Å². The van der Waals surface area contributed by atoms with E-state index in [1.165, 1.54) is 16.7 Å². The molecule has 5 nitrogen and oxygen atoms in total. The molecule has 1 aliphatic heterocycles. The third-order valence-corrected chi connectivity index (χ3v) is 6.54. The lowest BCUT2D eigenvalue weighted by molar-refractivity contribution is -0.121. The van der Waals surface area contributed by atoms with E-state index >= 15 is 0 Å². The molecule has 0 N–H and O–H groups in total. The highest BCUT2D eigenvalue weighted by atomic mass is 32.2. The maximum Gasteiger partial charge on any atom is 0.265 e. The summed E-state index contributed by atoms with van der Waals surface area (Å²) in [4.78, 5) is 14.7. The number of aromatic nitrogens is 2. The van der Waals surface area contributed by atoms with Crippen LogP contribution in [0.2, 0.25) is 0 Å². The average molecular weight is 464 g/mol. The van der Waals surface area contributed by atoms with Crippen LogP contribution in [0.1, 0.15) is 25.0 Å². The number of ether oxygens (including phenoxy) is 1. The van der Waals surface area contributed by atoms with E-state index in [1.54, 1.807) is 7.05 Å². The van der Waals surface area contributed by atoms with Gasteiger partial charge in [0.05, 0.1) is 17.2 Å². The molecular weight excluding hydrogens is 438 g/mol. The Balaban J connectivity index is 1.77. The highest BCUT2D eigenvalue weighted by Gasteiger charge is 2.29. The topological polar surface area (TPSA) is 47.4 Å². The van der Waals surface area contributed by atoms with Crippen LogP contribution in [0.15, 0.2) is 59.6 Å². The molecule has 0 saturated carbocycles. The number of nitrogens with zero attached hydrogens (tertiary/aromatic N) is 3. The minimum absolute atomic E-state index is 0.0907. The van der Waals surface area contributed by atoms with Gasteiger partial charge >= 0.3 is 0 Å². The van der Waals surface area contributed by atoms with E-state index in [4.69, 9.17) is 22.1 Å². The Morgan fingerprint density at radius 3 is 2.56 bits per heavy atom. The fourth-order valence-corrected chi connectivity index (χ4v) is 4.50. The minimum Gasteiger partial charge on any atom is -0.493 e. The molecule has 1 saturated heterocycles. The second-order valence-electron chi connectivity index (χ2n) is 8.14. The lowest BCUT2D eigenvalue weighted by atomic mass is 10.0. The Morgan fingerprint density at radius 1 is 1.19 bits per heavy atom. The van der Waals surface area contributed by atoms with Gasteiger partial charge < -0.3 is 4.74 Å². The smallest absolute Gasteiger partial charge is 0.265 e. The number of carbonyl (C=O) groups is 1. The van der Waals surface area contributed by atoms with Crippen molar-refractivity contribution in [1.82, 2.24) is 14.7 Å². The molecule has 0 spiro atoms. The molecule has 164 valence electrons. The van der Waals surface area contributed by atoms with Crippen LogP contribution in [0.3, 0.4) is 0 Å². The molecule has 3 aromatic rings. The van der Waals surface area contributed by atoms with Crippen LogP contribution in [-0.4, -0.2) is 38.6 Å². The van der Waals surface area contributed by atoms with E-state index in [9.17, 15) is 4.79 Å². The minimum atomic E-state index is -0.0907. The second-order valence-corrected chi connectivity index (χ2v) is 9.81. The number of amides is 1. The van der Waals surface area contributed by atoms with E-state index in [0.717, 1.165) is 33.8 Å². The SMILES string of the molecule is Cc1cc(-c2nn(-c3ccccc3)cc2/C=C2\SC(=S)N(C)C2=O)ccc1OCC(C)C. The summed E-state index contributed by atoms with van der Waals surface area (Å²) < 4.78 is 8.33. The third-order valence-electron chi connectivity index (χ3n) is 5.06. The molecular formula is C25H25N3O2S2. The predicted octanol–water partition coefficient (Wildman–Crippen LogP) is 5.71. The molecule has 2 aromatic carbocycles. The van der Waals surface area contributed by atoms with Crippen molar-refractivity contribution in [3.63, 3.8) is 0 Å². The monoisotopic (exact) mass is 463 g/mol. The van der Waals surface area contributed by atoms with E-state index < -0.39 is 0 Å². The van der Waals surface area contributed by atoms with Gasteiger partial charge in [0.25, 0.3) is 5.91 Å². The Bertz CT molecular complexity index is 1200. The normalized spacial score (nSPS) is 15.3. The zero-order chi connectivity index (χ0) is 22.8. The van der Waals surface area contributed by atoms with Crippen LogP contribution in [0, 0.1) is 12.8 Å². The summed E-state index contributed by atoms with van der Waals surface area (Å²) in [7, 11) is 1.70. The highest BCUT2D eigenvalue weighted by molar-refractivity contribution is 8.26. The van der Waals surface area contributed by atoms with E-state index in [0.29, 0.717) is 21.8 Å². The number of thiocarbonyl (C=S) groups is 1. The molecule has 0 unspecified atom stereocenters. The molecule has 0 aliphatic carbocycles. The number of hydrogen-bond donors (Lipinski definition) is 0. The van der Waals surface area contributed by atoms with Crippen LogP contribution in [0.4, 0.5) is 0 Å². The number of aryl methyl sites for hydroxylation is 1. The summed E-state index contributed by atoms with van der Waals surface area (Å²) in [5, 5.41) is 4.87. The molecule has 1 amide bonds. The Morgan fingerprint density at radius 2 is 1.94 bits per heavy atom. The summed E-state index contributed by atoms with van der Waals surface area (Å²) >= 11 is 6.60. The molecule has 2 heterocycles. The van der Waals surface area contributed by atoms with Crippen molar-refractivity contribution < 1.29 is 9.53 Å². The fourth-order valence-electron chi connectivity index (χ4n) is 3.33. The molecule has 4 rings (SSSR count). The maximum atomic E-state index is 12.6. The number of hydrogen-bond acceptors (Lipinski definition) is 5. The molecule has 7 heteroatoms. The molecule has 0 bridgehead atoms. The van der Waals surface area contributed by atoms with Gasteiger partial charge in [-0.15, -0.1) is 0 Å². The van der Waals surface area contributed by atoms with Gasteiger partial charge in [-0.05, 0) is 54.8 Å². The Hall–Kier alpha value is -2.90. The van der Waals surface area contributed by atoms with Crippen molar-refractivity contribution >= 4 is 40.3 Å². The van der Waals surface area contributed by atoms with E-state index in [1.807, 2.05) is 66.3 Å². The van der Waals surface area contributed by atoms with Gasteiger partial charge in [0.15, 0.2) is 0 Å². The summed E-state index contributed by atoms with van der Waals surface area (Å²) in [5.41, 5.74) is 4.62. The summed E-state index contributed by atoms with van der Waals surface area (Å²) in [6.07, 6.45) is 3.83. The number of carbonyl (C=O) groups excluding carboxylic acids is 1. The van der Waals surface area contributed by atoms with Gasteiger partial charge in [-0.25, -0.2) is 4.68 Å². The maximum absolute atomic E-state index is 12.6. The average Bonchev–Trinajstić information content (AvgIpc) is 3.30. The number of thioether (sulfide) groups is 1. The quantitative estimate of drug-likeness (QED) is 0.346. The number of para-hydroxylation sites is 1. The van der Waals surface area contributed by atoms with Crippen LogP contribution >= 0.6 is 24.0 Å². The largest absolute Gasteiger partial charge is 0.493 e. The summed E-state index contributed by atoms with van der Waals surface area (Å²) in [5.74, 6) is 1.24. The standard InChI is InChI=1S/C25H25N3O2S2/c1-16(2)15-30-21-11-10-18(12-17(21)3)23-19(13-22-24(29)27(4)25(31)32-22)14-28(26-23)20-8-6-5-7-9-20/h5-14,16H,15H2,1-4H3/b22-13-. The van der Waals surface area contributed by atoms with Crippen LogP contribution in [-0.2, 0) is 4.79 Å². The van der Waals surface area contributed by atoms with E-state index in [-0.39, 0.29) is 5.91 Å². The molecule has 0 atom stereocenters. The van der Waals surface area contributed by atoms with Crippen molar-refractivity contribution in [1.29, 1.82) is 0 Å². The third kappa shape index (κ3) is 4.64. The lowest BCUT2D eigenvalue weighted by Gasteiger charge is -2.12. The first-order chi connectivity index (χ1) is 15.3. The first-order valence-electron chi connectivity index (χ1n) is 10.4. The number of rotatable bonds is 6. The zero-order valence-corrected chi connectivity index (χ0v) is 20.2. The van der Waals surface area contributed by atoms with E-state index in [2.05, 4.69) is 19.9 Å². The molecule has 32 heavy (non-hydrogen) atoms. The number of benzene rings is 2.